The first-order valence-corrected chi connectivity index (χ1v) is 12.1. The van der Waals surface area contributed by atoms with Crippen molar-refractivity contribution in [1.29, 1.82) is 0 Å². The summed E-state index contributed by atoms with van der Waals surface area (Å²) in [6, 6.07) is 20.3. The zero-order valence-corrected chi connectivity index (χ0v) is 21.1. The largest absolute Gasteiger partial charge is 0.493 e. The second-order valence-corrected chi connectivity index (χ2v) is 9.36. The Kier molecular flexibility index (Phi) is 7.75. The van der Waals surface area contributed by atoms with E-state index in [0.29, 0.717) is 27.7 Å². The smallest absolute Gasteiger partial charge is 0.293 e. The topological polar surface area (TPSA) is 84.9 Å². The van der Waals surface area contributed by atoms with Gasteiger partial charge in [0.05, 0.1) is 18.6 Å². The molecule has 0 bridgehead atoms. The molecule has 4 rings (SSSR count). The van der Waals surface area contributed by atoms with E-state index in [-0.39, 0.29) is 30.2 Å². The van der Waals surface area contributed by atoms with Crippen molar-refractivity contribution in [2.45, 2.75) is 20.4 Å². The molecule has 1 fully saturated rings. The van der Waals surface area contributed by atoms with Crippen LogP contribution in [0.3, 0.4) is 0 Å². The second-order valence-electron chi connectivity index (χ2n) is 8.37. The SMILES string of the molecule is COc1cc(/C=C2\SC(=O)N(Cc3cccc(C)c3)C2=O)ccc1OCC(=O)Nc1ccc(C)cc1. The average molecular weight is 503 g/mol. The van der Waals surface area contributed by atoms with E-state index in [0.717, 1.165) is 28.5 Å². The first-order chi connectivity index (χ1) is 17.3. The molecule has 0 radical (unpaired) electrons. The lowest BCUT2D eigenvalue weighted by atomic mass is 10.1. The van der Waals surface area contributed by atoms with Gasteiger partial charge < -0.3 is 14.8 Å². The van der Waals surface area contributed by atoms with E-state index in [1.54, 1.807) is 24.3 Å². The van der Waals surface area contributed by atoms with Gasteiger partial charge in [-0.15, -0.1) is 0 Å². The van der Waals surface area contributed by atoms with Crippen molar-refractivity contribution in [2.24, 2.45) is 0 Å². The predicted octanol–water partition coefficient (Wildman–Crippen LogP) is 5.57. The number of ether oxygens (including phenoxy) is 2. The third-order valence-corrected chi connectivity index (χ3v) is 6.38. The zero-order valence-electron chi connectivity index (χ0n) is 20.2. The van der Waals surface area contributed by atoms with Gasteiger partial charge in [0.1, 0.15) is 0 Å². The molecule has 3 amide bonds. The highest BCUT2D eigenvalue weighted by atomic mass is 32.2. The number of imide groups is 1. The summed E-state index contributed by atoms with van der Waals surface area (Å²) in [5, 5.41) is 2.47. The Balaban J connectivity index is 1.41. The number of methoxy groups -OCH3 is 1. The van der Waals surface area contributed by atoms with E-state index in [2.05, 4.69) is 5.32 Å². The molecule has 1 heterocycles. The van der Waals surface area contributed by atoms with Crippen LogP contribution in [0.2, 0.25) is 0 Å². The number of benzene rings is 3. The van der Waals surface area contributed by atoms with Crippen LogP contribution >= 0.6 is 11.8 Å². The molecular weight excluding hydrogens is 476 g/mol. The number of hydrogen-bond donors (Lipinski definition) is 1. The maximum atomic E-state index is 12.9. The van der Waals surface area contributed by atoms with E-state index in [1.165, 1.54) is 12.0 Å². The van der Waals surface area contributed by atoms with Crippen LogP contribution in [0.4, 0.5) is 10.5 Å². The number of hydrogen-bond acceptors (Lipinski definition) is 6. The lowest BCUT2D eigenvalue weighted by molar-refractivity contribution is -0.123. The number of thioether (sulfide) groups is 1. The van der Waals surface area contributed by atoms with Gasteiger partial charge in [-0.3, -0.25) is 19.3 Å². The summed E-state index contributed by atoms with van der Waals surface area (Å²) in [5.74, 6) is 0.165. The highest BCUT2D eigenvalue weighted by molar-refractivity contribution is 8.18. The Bertz CT molecular complexity index is 1330. The molecule has 0 aliphatic carbocycles. The standard InChI is InChI=1S/C28H26N2O5S/c1-18-7-10-22(11-8-18)29-26(31)17-35-23-12-9-20(14-24(23)34-3)15-25-27(32)30(28(33)36-25)16-21-6-4-5-19(2)13-21/h4-15H,16-17H2,1-3H3,(H,29,31)/b25-15-. The Morgan fingerprint density at radius 1 is 0.972 bits per heavy atom. The van der Waals surface area contributed by atoms with Crippen molar-refractivity contribution in [3.8, 4) is 11.5 Å². The fourth-order valence-electron chi connectivity index (χ4n) is 3.65. The molecule has 36 heavy (non-hydrogen) atoms. The molecule has 0 aromatic heterocycles. The van der Waals surface area contributed by atoms with Gasteiger partial charge >= 0.3 is 0 Å². The monoisotopic (exact) mass is 502 g/mol. The Morgan fingerprint density at radius 3 is 2.47 bits per heavy atom. The van der Waals surface area contributed by atoms with Crippen LogP contribution in [-0.2, 0) is 16.1 Å². The van der Waals surface area contributed by atoms with Crippen molar-refractivity contribution >= 4 is 40.6 Å². The number of anilines is 1. The van der Waals surface area contributed by atoms with Gasteiger partial charge in [0.25, 0.3) is 17.1 Å². The van der Waals surface area contributed by atoms with Crippen LogP contribution < -0.4 is 14.8 Å². The minimum absolute atomic E-state index is 0.193. The summed E-state index contributed by atoms with van der Waals surface area (Å²) < 4.78 is 11.1. The minimum atomic E-state index is -0.335. The van der Waals surface area contributed by atoms with Gasteiger partial charge in [0.2, 0.25) is 0 Å². The molecule has 0 saturated carbocycles. The van der Waals surface area contributed by atoms with Crippen molar-refractivity contribution in [3.63, 3.8) is 0 Å². The molecule has 7 nitrogen and oxygen atoms in total. The number of carbonyl (C=O) groups excluding carboxylic acids is 3. The summed E-state index contributed by atoms with van der Waals surface area (Å²) in [6.45, 7) is 3.97. The van der Waals surface area contributed by atoms with Gasteiger partial charge in [-0.05, 0) is 67.1 Å². The maximum Gasteiger partial charge on any atom is 0.293 e. The molecule has 1 aliphatic heterocycles. The Labute approximate surface area is 214 Å². The first-order valence-electron chi connectivity index (χ1n) is 11.3. The summed E-state index contributed by atoms with van der Waals surface area (Å²) in [4.78, 5) is 39.2. The van der Waals surface area contributed by atoms with Crippen LogP contribution in [0.25, 0.3) is 6.08 Å². The maximum absolute atomic E-state index is 12.9. The molecule has 0 unspecified atom stereocenters. The summed E-state index contributed by atoms with van der Waals surface area (Å²) in [6.07, 6.45) is 1.65. The number of nitrogens with one attached hydrogen (secondary N) is 1. The molecule has 0 atom stereocenters. The van der Waals surface area contributed by atoms with E-state index < -0.39 is 0 Å². The van der Waals surface area contributed by atoms with Crippen molar-refractivity contribution in [1.82, 2.24) is 4.90 Å². The predicted molar refractivity (Wildman–Crippen MR) is 141 cm³/mol. The van der Waals surface area contributed by atoms with E-state index in [9.17, 15) is 14.4 Å². The number of aryl methyl sites for hydroxylation is 2. The molecule has 3 aromatic carbocycles. The van der Waals surface area contributed by atoms with Gasteiger partial charge in [-0.1, -0.05) is 53.6 Å². The quantitative estimate of drug-likeness (QED) is 0.406. The first kappa shape index (κ1) is 25.1. The average Bonchev–Trinajstić information content (AvgIpc) is 3.11. The van der Waals surface area contributed by atoms with Crippen molar-refractivity contribution in [2.75, 3.05) is 19.0 Å². The molecule has 0 spiro atoms. The van der Waals surface area contributed by atoms with Crippen molar-refractivity contribution in [3.05, 3.63) is 93.9 Å². The lowest BCUT2D eigenvalue weighted by Crippen LogP contribution is -2.27. The summed E-state index contributed by atoms with van der Waals surface area (Å²) in [7, 11) is 1.49. The number of nitrogens with zero attached hydrogens (tertiary/aromatic N) is 1. The van der Waals surface area contributed by atoms with Gasteiger partial charge in [-0.25, -0.2) is 0 Å². The molecule has 8 heteroatoms. The highest BCUT2D eigenvalue weighted by Gasteiger charge is 2.35. The minimum Gasteiger partial charge on any atom is -0.493 e. The molecule has 184 valence electrons. The van der Waals surface area contributed by atoms with Gasteiger partial charge in [-0.2, -0.15) is 0 Å². The third kappa shape index (κ3) is 6.14. The van der Waals surface area contributed by atoms with Crippen LogP contribution in [0.15, 0.2) is 71.6 Å². The van der Waals surface area contributed by atoms with Crippen LogP contribution in [-0.4, -0.2) is 35.7 Å². The summed E-state index contributed by atoms with van der Waals surface area (Å²) in [5.41, 5.74) is 4.42. The number of rotatable bonds is 8. The second kappa shape index (κ2) is 11.1. The van der Waals surface area contributed by atoms with Gasteiger partial charge in [0, 0.05) is 5.69 Å². The van der Waals surface area contributed by atoms with Crippen LogP contribution in [0.5, 0.6) is 11.5 Å². The fourth-order valence-corrected chi connectivity index (χ4v) is 4.49. The van der Waals surface area contributed by atoms with Crippen LogP contribution in [0, 0.1) is 13.8 Å². The van der Waals surface area contributed by atoms with E-state index in [4.69, 9.17) is 9.47 Å². The Morgan fingerprint density at radius 2 is 1.75 bits per heavy atom. The lowest BCUT2D eigenvalue weighted by Gasteiger charge is -2.13. The van der Waals surface area contributed by atoms with Crippen LogP contribution in [0.1, 0.15) is 22.3 Å². The molecular formula is C28H26N2O5S. The van der Waals surface area contributed by atoms with E-state index in [1.807, 2.05) is 62.4 Å². The molecule has 1 saturated heterocycles. The molecule has 1 aliphatic rings. The Hall–Kier alpha value is -4.04. The molecule has 1 N–H and O–H groups in total. The third-order valence-electron chi connectivity index (χ3n) is 5.48. The highest BCUT2D eigenvalue weighted by Crippen LogP contribution is 2.35. The fraction of sp³-hybridized carbons (Fsp3) is 0.179. The number of carbonyl (C=O) groups is 3. The summed E-state index contributed by atoms with van der Waals surface area (Å²) >= 11 is 0.907. The normalized spacial score (nSPS) is 14.3. The zero-order chi connectivity index (χ0) is 25.7. The van der Waals surface area contributed by atoms with Gasteiger partial charge in [0.15, 0.2) is 18.1 Å². The molecule has 3 aromatic rings. The number of amides is 3. The van der Waals surface area contributed by atoms with E-state index >= 15 is 0 Å². The van der Waals surface area contributed by atoms with Crippen molar-refractivity contribution < 1.29 is 23.9 Å².